The van der Waals surface area contributed by atoms with E-state index in [9.17, 15) is 24.3 Å². The molecular weight excluding hydrogens is 440 g/mol. The average Bonchev–Trinajstić information content (AvgIpc) is 2.88. The lowest BCUT2D eigenvalue weighted by atomic mass is 9.38. The number of rotatable bonds is 3. The lowest BCUT2D eigenvalue weighted by Gasteiger charge is -2.68. The summed E-state index contributed by atoms with van der Waals surface area (Å²) in [5.41, 5.74) is -2.13. The van der Waals surface area contributed by atoms with Crippen LogP contribution in [0.25, 0.3) is 0 Å². The zero-order valence-corrected chi connectivity index (χ0v) is 20.9. The van der Waals surface area contributed by atoms with E-state index >= 15 is 0 Å². The summed E-state index contributed by atoms with van der Waals surface area (Å²) in [5.74, 6) is -2.94. The number of esters is 3. The number of ether oxygens (including phenoxy) is 3. The third-order valence-electron chi connectivity index (χ3n) is 9.29. The molecule has 8 heteroatoms. The molecule has 0 saturated heterocycles. The van der Waals surface area contributed by atoms with Crippen molar-refractivity contribution >= 4 is 23.7 Å². The summed E-state index contributed by atoms with van der Waals surface area (Å²) in [6, 6.07) is 0. The Hall–Kier alpha value is -2.22. The van der Waals surface area contributed by atoms with E-state index in [0.717, 1.165) is 0 Å². The number of Topliss-reactive ketones (excluding diaryl/α,β-unsaturated/α-hetero) is 1. The third-order valence-corrected chi connectivity index (χ3v) is 9.29. The Bertz CT molecular complexity index is 952. The second kappa shape index (κ2) is 7.90. The van der Waals surface area contributed by atoms with Crippen molar-refractivity contribution in [2.24, 2.45) is 34.0 Å². The van der Waals surface area contributed by atoms with Crippen molar-refractivity contribution in [2.45, 2.75) is 91.6 Å². The summed E-state index contributed by atoms with van der Waals surface area (Å²) in [7, 11) is 0. The van der Waals surface area contributed by atoms with Crippen LogP contribution < -0.4 is 0 Å². The van der Waals surface area contributed by atoms with Crippen LogP contribution in [0, 0.1) is 34.0 Å². The molecule has 188 valence electrons. The highest BCUT2D eigenvalue weighted by molar-refractivity contribution is 6.04. The first kappa shape index (κ1) is 24.9. The quantitative estimate of drug-likeness (QED) is 0.376. The van der Waals surface area contributed by atoms with Gasteiger partial charge in [0, 0.05) is 38.0 Å². The Morgan fingerprint density at radius 3 is 2.12 bits per heavy atom. The van der Waals surface area contributed by atoms with Crippen molar-refractivity contribution in [3.8, 4) is 0 Å². The van der Waals surface area contributed by atoms with Crippen LogP contribution in [0.2, 0.25) is 0 Å². The van der Waals surface area contributed by atoms with Gasteiger partial charge in [-0.15, -0.1) is 0 Å². The Kier molecular flexibility index (Phi) is 5.78. The highest BCUT2D eigenvalue weighted by Gasteiger charge is 2.77. The first-order valence-electron chi connectivity index (χ1n) is 12.1. The maximum atomic E-state index is 13.9. The topological polar surface area (TPSA) is 116 Å². The zero-order valence-electron chi connectivity index (χ0n) is 20.9. The van der Waals surface area contributed by atoms with Gasteiger partial charge in [0.05, 0.1) is 11.5 Å². The zero-order chi connectivity index (χ0) is 25.4. The summed E-state index contributed by atoms with van der Waals surface area (Å²) in [4.78, 5) is 50.5. The number of fused-ring (bicyclic) bond motifs is 3. The number of aliphatic hydroxyl groups excluding tert-OH is 1. The van der Waals surface area contributed by atoms with Crippen LogP contribution in [0.4, 0.5) is 0 Å². The van der Waals surface area contributed by atoms with E-state index in [1.807, 2.05) is 20.8 Å². The van der Waals surface area contributed by atoms with E-state index in [1.165, 1.54) is 20.8 Å². The maximum absolute atomic E-state index is 13.9. The molecule has 0 aromatic heterocycles. The minimum absolute atomic E-state index is 0.206. The predicted octanol–water partition coefficient (Wildman–Crippen LogP) is 2.75. The molecule has 0 aromatic rings. The normalized spacial score (nSPS) is 44.5. The highest BCUT2D eigenvalue weighted by Crippen LogP contribution is 2.72. The Labute approximate surface area is 200 Å². The molecule has 34 heavy (non-hydrogen) atoms. The fraction of sp³-hybridized carbons (Fsp3) is 0.769. The summed E-state index contributed by atoms with van der Waals surface area (Å²) < 4.78 is 17.5. The van der Waals surface area contributed by atoms with Gasteiger partial charge < -0.3 is 19.3 Å². The Morgan fingerprint density at radius 1 is 0.971 bits per heavy atom. The van der Waals surface area contributed by atoms with Crippen molar-refractivity contribution in [3.05, 3.63) is 12.2 Å². The van der Waals surface area contributed by atoms with Gasteiger partial charge in [-0.25, -0.2) is 0 Å². The van der Waals surface area contributed by atoms with Crippen LogP contribution in [-0.2, 0) is 33.4 Å². The van der Waals surface area contributed by atoms with Gasteiger partial charge in [-0.2, -0.15) is 0 Å². The molecule has 8 nitrogen and oxygen atoms in total. The fourth-order valence-electron chi connectivity index (χ4n) is 8.54. The highest BCUT2D eigenvalue weighted by atomic mass is 16.6. The maximum Gasteiger partial charge on any atom is 0.303 e. The lowest BCUT2D eigenvalue weighted by Crippen LogP contribution is -2.74. The van der Waals surface area contributed by atoms with E-state index in [-0.39, 0.29) is 11.7 Å². The molecule has 1 spiro atoms. The molecule has 0 aromatic carbocycles. The first-order valence-corrected chi connectivity index (χ1v) is 12.1. The summed E-state index contributed by atoms with van der Waals surface area (Å²) in [5, 5.41) is 11.5. The molecule has 0 unspecified atom stereocenters. The van der Waals surface area contributed by atoms with Crippen LogP contribution in [-0.4, -0.2) is 53.2 Å². The number of allylic oxidation sites excluding steroid dienone is 1. The number of carbonyl (C=O) groups excluding carboxylic acids is 4. The van der Waals surface area contributed by atoms with E-state index in [2.05, 4.69) is 6.58 Å². The number of carbonyl (C=O) groups is 4. The largest absolute Gasteiger partial charge is 0.462 e. The fourth-order valence-corrected chi connectivity index (χ4v) is 8.54. The van der Waals surface area contributed by atoms with Gasteiger partial charge in [0.2, 0.25) is 0 Å². The Morgan fingerprint density at radius 2 is 1.56 bits per heavy atom. The minimum Gasteiger partial charge on any atom is -0.462 e. The van der Waals surface area contributed by atoms with Crippen LogP contribution in [0.15, 0.2) is 12.2 Å². The molecule has 2 bridgehead atoms. The predicted molar refractivity (Wildman–Crippen MR) is 120 cm³/mol. The van der Waals surface area contributed by atoms with Gasteiger partial charge in [-0.3, -0.25) is 19.2 Å². The number of aliphatic hydroxyl groups is 1. The first-order chi connectivity index (χ1) is 15.7. The monoisotopic (exact) mass is 476 g/mol. The summed E-state index contributed by atoms with van der Waals surface area (Å²) >= 11 is 0. The summed E-state index contributed by atoms with van der Waals surface area (Å²) in [6.45, 7) is 13.9. The molecule has 9 atom stereocenters. The van der Waals surface area contributed by atoms with Gasteiger partial charge >= 0.3 is 17.9 Å². The second-order valence-electron chi connectivity index (χ2n) is 11.6. The molecule has 4 saturated carbocycles. The van der Waals surface area contributed by atoms with Crippen molar-refractivity contribution in [3.63, 3.8) is 0 Å². The standard InChI is InChI=1S/C26H36O8/c1-12-16-10-17(30)20-25(7)9-8-18(32-13(2)27)24(5,6)21(25)19(33-14(3)28)23(34-15(4)29)26(20,11-16)22(12)31/h16-21,23,30H,1,8-11H2,2-7H3/t16-,17-,18-,19+,20-,21+,23-,25-,26-/m0/s1. The molecule has 4 aliphatic rings. The van der Waals surface area contributed by atoms with Gasteiger partial charge in [0.15, 0.2) is 11.9 Å². The van der Waals surface area contributed by atoms with Gasteiger partial charge in [-0.1, -0.05) is 27.4 Å². The van der Waals surface area contributed by atoms with Crippen molar-refractivity contribution in [2.75, 3.05) is 0 Å². The van der Waals surface area contributed by atoms with Gasteiger partial charge in [-0.05, 0) is 42.6 Å². The van der Waals surface area contributed by atoms with Crippen molar-refractivity contribution in [1.82, 2.24) is 0 Å². The van der Waals surface area contributed by atoms with E-state index < -0.39 is 70.4 Å². The van der Waals surface area contributed by atoms with Crippen molar-refractivity contribution < 1.29 is 38.5 Å². The Balaban J connectivity index is 1.97. The molecule has 4 rings (SSSR count). The SMILES string of the molecule is C=C1C(=O)[C@]23C[C@@H]1C[C@H](O)[C@H]2[C@]1(C)CC[C@H](OC(C)=O)C(C)(C)[C@H]1[C@@H](OC(C)=O)[C@@H]3OC(C)=O. The van der Waals surface area contributed by atoms with Gasteiger partial charge in [0.25, 0.3) is 0 Å². The van der Waals surface area contributed by atoms with E-state index in [4.69, 9.17) is 14.2 Å². The van der Waals surface area contributed by atoms with Crippen LogP contribution in [0.3, 0.4) is 0 Å². The van der Waals surface area contributed by atoms with Gasteiger partial charge in [0.1, 0.15) is 12.2 Å². The summed E-state index contributed by atoms with van der Waals surface area (Å²) in [6.07, 6.45) is -1.38. The molecule has 0 radical (unpaired) electrons. The number of hydrogen-bond acceptors (Lipinski definition) is 8. The van der Waals surface area contributed by atoms with Crippen LogP contribution in [0.1, 0.15) is 67.2 Å². The lowest BCUT2D eigenvalue weighted by molar-refractivity contribution is -0.285. The number of hydrogen-bond donors (Lipinski definition) is 1. The molecule has 4 fully saturated rings. The number of ketones is 1. The van der Waals surface area contributed by atoms with E-state index in [0.29, 0.717) is 31.3 Å². The molecular formula is C26H36O8. The minimum atomic E-state index is -1.22. The average molecular weight is 477 g/mol. The van der Waals surface area contributed by atoms with Crippen LogP contribution in [0.5, 0.6) is 0 Å². The molecule has 0 amide bonds. The molecule has 0 heterocycles. The second-order valence-corrected chi connectivity index (χ2v) is 11.6. The third kappa shape index (κ3) is 3.28. The molecule has 0 aliphatic heterocycles. The smallest absolute Gasteiger partial charge is 0.303 e. The van der Waals surface area contributed by atoms with Crippen molar-refractivity contribution in [1.29, 1.82) is 0 Å². The molecule has 4 aliphatic carbocycles. The van der Waals surface area contributed by atoms with Crippen LogP contribution >= 0.6 is 0 Å². The molecule has 1 N–H and O–H groups in total. The van der Waals surface area contributed by atoms with E-state index in [1.54, 1.807) is 0 Å².